The molecule has 0 saturated carbocycles. The van der Waals surface area contributed by atoms with Gasteiger partial charge in [0, 0.05) is 11.1 Å². The Labute approximate surface area is 138 Å². The van der Waals surface area contributed by atoms with Gasteiger partial charge in [0.1, 0.15) is 24.0 Å². The summed E-state index contributed by atoms with van der Waals surface area (Å²) in [6.07, 6.45) is -0.940. The molecule has 1 amide bonds. The van der Waals surface area contributed by atoms with Gasteiger partial charge in [0.05, 0.1) is 6.54 Å². The van der Waals surface area contributed by atoms with E-state index in [0.29, 0.717) is 18.0 Å². The highest BCUT2D eigenvalue weighted by atomic mass is 16.6. The molecule has 2 aromatic rings. The minimum absolute atomic E-state index is 0.0270. The highest BCUT2D eigenvalue weighted by Crippen LogP contribution is 2.44. The SMILES string of the molecule is O=C1NCC(COC(=O)C2c3ccccc3Oc3ccccc32)O1. The van der Waals surface area contributed by atoms with Gasteiger partial charge in [-0.3, -0.25) is 4.79 Å². The van der Waals surface area contributed by atoms with Crippen LogP contribution in [0, 0.1) is 0 Å². The lowest BCUT2D eigenvalue weighted by molar-refractivity contribution is -0.146. The van der Waals surface area contributed by atoms with Crippen molar-refractivity contribution >= 4 is 12.1 Å². The highest BCUT2D eigenvalue weighted by molar-refractivity contribution is 5.85. The van der Waals surface area contributed by atoms with E-state index in [2.05, 4.69) is 5.32 Å². The zero-order valence-electron chi connectivity index (χ0n) is 12.7. The van der Waals surface area contributed by atoms with Crippen LogP contribution >= 0.6 is 0 Å². The van der Waals surface area contributed by atoms with Gasteiger partial charge >= 0.3 is 12.1 Å². The van der Waals surface area contributed by atoms with E-state index in [1.165, 1.54) is 0 Å². The van der Waals surface area contributed by atoms with Crippen molar-refractivity contribution < 1.29 is 23.8 Å². The van der Waals surface area contributed by atoms with E-state index in [1.807, 2.05) is 48.5 Å². The molecule has 1 atom stereocenters. The second-order valence-electron chi connectivity index (χ2n) is 5.65. The Morgan fingerprint density at radius 1 is 1.08 bits per heavy atom. The van der Waals surface area contributed by atoms with Crippen LogP contribution in [0.5, 0.6) is 11.5 Å². The van der Waals surface area contributed by atoms with Crippen LogP contribution in [0.25, 0.3) is 0 Å². The fraction of sp³-hybridized carbons (Fsp3) is 0.222. The third kappa shape index (κ3) is 2.56. The van der Waals surface area contributed by atoms with E-state index in [9.17, 15) is 9.59 Å². The fourth-order valence-electron chi connectivity index (χ4n) is 2.95. The first kappa shape index (κ1) is 14.6. The van der Waals surface area contributed by atoms with Gasteiger partial charge < -0.3 is 19.5 Å². The van der Waals surface area contributed by atoms with Gasteiger partial charge in [-0.1, -0.05) is 36.4 Å². The van der Waals surface area contributed by atoms with Crippen molar-refractivity contribution in [3.63, 3.8) is 0 Å². The summed E-state index contributed by atoms with van der Waals surface area (Å²) >= 11 is 0. The molecule has 1 unspecified atom stereocenters. The number of cyclic esters (lactones) is 1. The van der Waals surface area contributed by atoms with Gasteiger partial charge in [-0.05, 0) is 12.1 Å². The van der Waals surface area contributed by atoms with Crippen molar-refractivity contribution in [1.82, 2.24) is 5.32 Å². The Balaban J connectivity index is 1.59. The van der Waals surface area contributed by atoms with Crippen LogP contribution in [0.3, 0.4) is 0 Å². The summed E-state index contributed by atoms with van der Waals surface area (Å²) in [7, 11) is 0. The Bertz CT molecular complexity index is 758. The molecule has 6 nitrogen and oxygen atoms in total. The Hall–Kier alpha value is -3.02. The molecule has 2 aliphatic rings. The largest absolute Gasteiger partial charge is 0.461 e. The number of alkyl carbamates (subject to hydrolysis) is 1. The summed E-state index contributed by atoms with van der Waals surface area (Å²) in [6.45, 7) is 0.367. The maximum absolute atomic E-state index is 12.7. The number of ether oxygens (including phenoxy) is 3. The molecule has 2 aliphatic heterocycles. The van der Waals surface area contributed by atoms with E-state index in [1.54, 1.807) is 0 Å². The molecule has 0 spiro atoms. The van der Waals surface area contributed by atoms with Crippen molar-refractivity contribution in [3.05, 3.63) is 59.7 Å². The van der Waals surface area contributed by atoms with Crippen LogP contribution < -0.4 is 10.1 Å². The predicted molar refractivity (Wildman–Crippen MR) is 84.0 cm³/mol. The number of carbonyl (C=O) groups excluding carboxylic acids is 2. The number of hydrogen-bond acceptors (Lipinski definition) is 5. The Morgan fingerprint density at radius 2 is 1.71 bits per heavy atom. The quantitative estimate of drug-likeness (QED) is 0.878. The minimum atomic E-state index is -0.559. The van der Waals surface area contributed by atoms with Crippen LogP contribution in [0.4, 0.5) is 4.79 Å². The summed E-state index contributed by atoms with van der Waals surface area (Å²) in [6, 6.07) is 14.8. The fourth-order valence-corrected chi connectivity index (χ4v) is 2.95. The molecule has 1 fully saturated rings. The number of amides is 1. The third-order valence-corrected chi connectivity index (χ3v) is 4.07. The van der Waals surface area contributed by atoms with Crippen molar-refractivity contribution in [2.45, 2.75) is 12.0 Å². The number of carbonyl (C=O) groups is 2. The summed E-state index contributed by atoms with van der Waals surface area (Å²) in [5.41, 5.74) is 1.53. The molecule has 122 valence electrons. The average Bonchev–Trinajstić information content (AvgIpc) is 3.03. The Kier molecular flexibility index (Phi) is 3.57. The molecular weight excluding hydrogens is 310 g/mol. The zero-order chi connectivity index (χ0) is 16.5. The van der Waals surface area contributed by atoms with Crippen LogP contribution in [0.15, 0.2) is 48.5 Å². The first-order valence-corrected chi connectivity index (χ1v) is 7.69. The number of hydrogen-bond donors (Lipinski definition) is 1. The molecule has 0 bridgehead atoms. The van der Waals surface area contributed by atoms with Gasteiger partial charge in [-0.25, -0.2) is 4.79 Å². The number of fused-ring (bicyclic) bond motifs is 2. The summed E-state index contributed by atoms with van der Waals surface area (Å²) in [5.74, 6) is 0.344. The maximum Gasteiger partial charge on any atom is 0.407 e. The molecular formula is C18H15NO5. The molecule has 2 heterocycles. The van der Waals surface area contributed by atoms with E-state index >= 15 is 0 Å². The zero-order valence-corrected chi connectivity index (χ0v) is 12.7. The third-order valence-electron chi connectivity index (χ3n) is 4.07. The first-order chi connectivity index (χ1) is 11.7. The number of benzene rings is 2. The standard InChI is InChI=1S/C18H15NO5/c20-17(22-10-11-9-19-18(21)23-11)16-12-5-1-3-7-14(12)24-15-8-4-2-6-13(15)16/h1-8,11,16H,9-10H2,(H,19,21). The lowest BCUT2D eigenvalue weighted by Crippen LogP contribution is -2.27. The van der Waals surface area contributed by atoms with Gasteiger partial charge in [-0.15, -0.1) is 0 Å². The average molecular weight is 325 g/mol. The lowest BCUT2D eigenvalue weighted by atomic mass is 9.88. The molecule has 1 N–H and O–H groups in total. The first-order valence-electron chi connectivity index (χ1n) is 7.69. The van der Waals surface area contributed by atoms with Crippen LogP contribution in [-0.2, 0) is 14.3 Å². The van der Waals surface area contributed by atoms with Crippen LogP contribution in [0.2, 0.25) is 0 Å². The molecule has 6 heteroatoms. The summed E-state index contributed by atoms with van der Waals surface area (Å²) in [4.78, 5) is 23.8. The predicted octanol–water partition coefficient (Wildman–Crippen LogP) is 2.58. The van der Waals surface area contributed by atoms with Gasteiger partial charge in [-0.2, -0.15) is 0 Å². The van der Waals surface area contributed by atoms with Crippen molar-refractivity contribution in [2.75, 3.05) is 13.2 Å². The minimum Gasteiger partial charge on any atom is -0.461 e. The van der Waals surface area contributed by atoms with Crippen molar-refractivity contribution in [2.24, 2.45) is 0 Å². The number of para-hydroxylation sites is 2. The molecule has 0 aromatic heterocycles. The van der Waals surface area contributed by atoms with Crippen molar-refractivity contribution in [1.29, 1.82) is 0 Å². The van der Waals surface area contributed by atoms with E-state index < -0.39 is 18.1 Å². The van der Waals surface area contributed by atoms with Crippen molar-refractivity contribution in [3.8, 4) is 11.5 Å². The number of nitrogens with one attached hydrogen (secondary N) is 1. The van der Waals surface area contributed by atoms with Crippen LogP contribution in [0.1, 0.15) is 17.0 Å². The molecule has 1 saturated heterocycles. The van der Waals surface area contributed by atoms with E-state index in [4.69, 9.17) is 14.2 Å². The normalized spacial score (nSPS) is 18.7. The summed E-state index contributed by atoms with van der Waals surface area (Å²) in [5, 5.41) is 2.53. The molecule has 4 rings (SSSR count). The number of rotatable bonds is 3. The second kappa shape index (κ2) is 5.88. The van der Waals surface area contributed by atoms with Gasteiger partial charge in [0.2, 0.25) is 0 Å². The van der Waals surface area contributed by atoms with Gasteiger partial charge in [0.15, 0.2) is 6.10 Å². The Morgan fingerprint density at radius 3 is 2.29 bits per heavy atom. The highest BCUT2D eigenvalue weighted by Gasteiger charge is 2.34. The summed E-state index contributed by atoms with van der Waals surface area (Å²) < 4.78 is 16.3. The van der Waals surface area contributed by atoms with Crippen LogP contribution in [-0.4, -0.2) is 31.3 Å². The number of esters is 1. The van der Waals surface area contributed by atoms with E-state index in [-0.39, 0.29) is 12.6 Å². The van der Waals surface area contributed by atoms with Gasteiger partial charge in [0.25, 0.3) is 0 Å². The molecule has 0 aliphatic carbocycles. The topological polar surface area (TPSA) is 73.9 Å². The molecule has 2 aromatic carbocycles. The van der Waals surface area contributed by atoms with E-state index in [0.717, 1.165) is 11.1 Å². The smallest absolute Gasteiger partial charge is 0.407 e. The molecule has 24 heavy (non-hydrogen) atoms. The molecule has 0 radical (unpaired) electrons. The second-order valence-corrected chi connectivity index (χ2v) is 5.65. The monoisotopic (exact) mass is 325 g/mol. The maximum atomic E-state index is 12.7. The lowest BCUT2D eigenvalue weighted by Gasteiger charge is -2.27.